The van der Waals surface area contributed by atoms with E-state index in [1.807, 2.05) is 36.8 Å². The van der Waals surface area contributed by atoms with Crippen LogP contribution in [0.25, 0.3) is 11.0 Å². The highest BCUT2D eigenvalue weighted by atomic mass is 16.3. The number of rotatable bonds is 5. The average Bonchev–Trinajstić information content (AvgIpc) is 3.45. The van der Waals surface area contributed by atoms with E-state index < -0.39 is 0 Å². The van der Waals surface area contributed by atoms with Crippen molar-refractivity contribution in [1.82, 2.24) is 19.5 Å². The lowest BCUT2D eigenvalue weighted by Crippen LogP contribution is -2.30. The first-order chi connectivity index (χ1) is 13.8. The molecule has 3 heterocycles. The fraction of sp³-hybridized carbons (Fsp3) is 0.476. The van der Waals surface area contributed by atoms with Crippen LogP contribution in [0, 0.1) is 5.92 Å². The molecular weight excluding hydrogens is 352 g/mol. The first-order valence-corrected chi connectivity index (χ1v) is 10.2. The van der Waals surface area contributed by atoms with Crippen LogP contribution in [-0.2, 0) is 6.54 Å². The second-order valence-electron chi connectivity index (χ2n) is 7.99. The molecule has 0 bridgehead atoms. The third-order valence-corrected chi connectivity index (χ3v) is 5.93. The van der Waals surface area contributed by atoms with E-state index in [9.17, 15) is 5.11 Å². The van der Waals surface area contributed by atoms with Crippen molar-refractivity contribution in [3.63, 3.8) is 0 Å². The molecule has 2 aromatic heterocycles. The first kappa shape index (κ1) is 17.4. The Hall–Kier alpha value is -2.67. The van der Waals surface area contributed by atoms with Crippen LogP contribution in [0.5, 0.6) is 0 Å². The highest BCUT2D eigenvalue weighted by molar-refractivity contribution is 5.80. The summed E-state index contributed by atoms with van der Waals surface area (Å²) in [5, 5.41) is 14.2. The lowest BCUT2D eigenvalue weighted by atomic mass is 10.1. The monoisotopic (exact) mass is 378 g/mol. The molecule has 2 aliphatic rings. The second kappa shape index (κ2) is 7.39. The summed E-state index contributed by atoms with van der Waals surface area (Å²) >= 11 is 0. The third kappa shape index (κ3) is 3.42. The zero-order valence-corrected chi connectivity index (χ0v) is 15.9. The molecule has 146 valence electrons. The molecule has 1 aliphatic heterocycles. The number of aliphatic hydroxyl groups excluding tert-OH is 1. The maximum absolute atomic E-state index is 10.7. The minimum atomic E-state index is -0.381. The number of fused-ring (bicyclic) bond motifs is 1. The van der Waals surface area contributed by atoms with Gasteiger partial charge in [-0.25, -0.2) is 15.0 Å². The Morgan fingerprint density at radius 1 is 1.07 bits per heavy atom. The molecule has 1 saturated carbocycles. The number of benzene rings is 1. The molecule has 28 heavy (non-hydrogen) atoms. The number of para-hydroxylation sites is 2. The van der Waals surface area contributed by atoms with Gasteiger partial charge in [0.25, 0.3) is 0 Å². The van der Waals surface area contributed by atoms with Crippen LogP contribution in [-0.4, -0.2) is 49.9 Å². The molecule has 7 nitrogen and oxygen atoms in total. The summed E-state index contributed by atoms with van der Waals surface area (Å²) in [6.07, 6.45) is 9.31. The molecule has 0 amide bonds. The first-order valence-electron chi connectivity index (χ1n) is 10.2. The van der Waals surface area contributed by atoms with E-state index >= 15 is 0 Å². The molecule has 1 aromatic carbocycles. The van der Waals surface area contributed by atoms with Crippen LogP contribution >= 0.6 is 0 Å². The van der Waals surface area contributed by atoms with Gasteiger partial charge in [0.1, 0.15) is 0 Å². The molecule has 7 heteroatoms. The molecule has 3 atom stereocenters. The van der Waals surface area contributed by atoms with Crippen LogP contribution in [0.1, 0.15) is 25.7 Å². The highest BCUT2D eigenvalue weighted by Crippen LogP contribution is 2.33. The summed E-state index contributed by atoms with van der Waals surface area (Å²) in [7, 11) is 0. The van der Waals surface area contributed by atoms with Crippen molar-refractivity contribution in [3.05, 3.63) is 43.0 Å². The van der Waals surface area contributed by atoms with Gasteiger partial charge in [-0.15, -0.1) is 0 Å². The minimum Gasteiger partial charge on any atom is -0.391 e. The second-order valence-corrected chi connectivity index (χ2v) is 7.99. The quantitative estimate of drug-likeness (QED) is 0.711. The molecule has 1 unspecified atom stereocenters. The van der Waals surface area contributed by atoms with Gasteiger partial charge in [0.15, 0.2) is 11.6 Å². The molecule has 2 N–H and O–H groups in total. The molecule has 0 radical (unpaired) electrons. The lowest BCUT2D eigenvalue weighted by Gasteiger charge is -2.24. The van der Waals surface area contributed by atoms with Crippen molar-refractivity contribution in [2.45, 2.75) is 44.4 Å². The van der Waals surface area contributed by atoms with E-state index in [-0.39, 0.29) is 12.1 Å². The Balaban J connectivity index is 1.39. The summed E-state index contributed by atoms with van der Waals surface area (Å²) in [4.78, 5) is 16.2. The van der Waals surface area contributed by atoms with Crippen LogP contribution in [0.2, 0.25) is 0 Å². The van der Waals surface area contributed by atoms with Gasteiger partial charge in [-0.2, -0.15) is 0 Å². The van der Waals surface area contributed by atoms with E-state index in [0.29, 0.717) is 5.92 Å². The number of anilines is 2. The van der Waals surface area contributed by atoms with Gasteiger partial charge in [-0.05, 0) is 43.7 Å². The molecule has 1 saturated heterocycles. The summed E-state index contributed by atoms with van der Waals surface area (Å²) in [5.74, 6) is 2.14. The number of nitrogens with zero attached hydrogens (tertiary/aromatic N) is 5. The topological polar surface area (TPSA) is 79.1 Å². The van der Waals surface area contributed by atoms with Crippen molar-refractivity contribution in [3.8, 4) is 0 Å². The van der Waals surface area contributed by atoms with Gasteiger partial charge in [-0.1, -0.05) is 12.1 Å². The normalized spacial score (nSPS) is 24.9. The number of hydrogen-bond donors (Lipinski definition) is 2. The van der Waals surface area contributed by atoms with Gasteiger partial charge >= 0.3 is 0 Å². The van der Waals surface area contributed by atoms with Gasteiger partial charge < -0.3 is 19.9 Å². The third-order valence-electron chi connectivity index (χ3n) is 5.93. The van der Waals surface area contributed by atoms with Gasteiger partial charge in [-0.3, -0.25) is 0 Å². The molecular formula is C21H26N6O. The van der Waals surface area contributed by atoms with E-state index in [1.165, 1.54) is 12.8 Å². The lowest BCUT2D eigenvalue weighted by molar-refractivity contribution is 0.166. The fourth-order valence-corrected chi connectivity index (χ4v) is 4.53. The van der Waals surface area contributed by atoms with Crippen molar-refractivity contribution in [1.29, 1.82) is 0 Å². The van der Waals surface area contributed by atoms with Crippen molar-refractivity contribution < 1.29 is 5.11 Å². The number of nitrogens with one attached hydrogen (secondary N) is 1. The summed E-state index contributed by atoms with van der Waals surface area (Å²) in [6.45, 7) is 2.91. The molecule has 0 spiro atoms. The zero-order chi connectivity index (χ0) is 18.9. The van der Waals surface area contributed by atoms with Crippen LogP contribution in [0.4, 0.5) is 11.6 Å². The predicted octanol–water partition coefficient (Wildman–Crippen LogP) is 2.68. The molecule has 3 aromatic rings. The molecule has 2 fully saturated rings. The van der Waals surface area contributed by atoms with Gasteiger partial charge in [0.05, 0.1) is 29.5 Å². The van der Waals surface area contributed by atoms with E-state index in [2.05, 4.69) is 19.8 Å². The smallest absolute Gasteiger partial charge is 0.172 e. The summed E-state index contributed by atoms with van der Waals surface area (Å²) in [5.41, 5.74) is 1.80. The van der Waals surface area contributed by atoms with E-state index in [4.69, 9.17) is 9.97 Å². The van der Waals surface area contributed by atoms with E-state index in [0.717, 1.165) is 55.1 Å². The Bertz CT molecular complexity index is 937. The van der Waals surface area contributed by atoms with Crippen molar-refractivity contribution in [2.75, 3.05) is 23.3 Å². The number of imidazole rings is 1. The van der Waals surface area contributed by atoms with Gasteiger partial charge in [0, 0.05) is 32.0 Å². The Labute approximate surface area is 164 Å². The zero-order valence-electron chi connectivity index (χ0n) is 15.9. The van der Waals surface area contributed by atoms with E-state index in [1.54, 1.807) is 6.20 Å². The maximum atomic E-state index is 10.7. The molecule has 5 rings (SSSR count). The Kier molecular flexibility index (Phi) is 4.60. The Morgan fingerprint density at radius 3 is 2.61 bits per heavy atom. The number of aromatic nitrogens is 4. The summed E-state index contributed by atoms with van der Waals surface area (Å²) < 4.78 is 2.09. The SMILES string of the molecule is O[C@@H]1CC(Cn2ccnc2)C[C@H]1Nc1nc2ccccc2nc1N1CCCC1. The van der Waals surface area contributed by atoms with Crippen molar-refractivity contribution >= 4 is 22.7 Å². The Morgan fingerprint density at radius 2 is 1.86 bits per heavy atom. The fourth-order valence-electron chi connectivity index (χ4n) is 4.53. The number of hydrogen-bond acceptors (Lipinski definition) is 6. The predicted molar refractivity (Wildman–Crippen MR) is 109 cm³/mol. The average molecular weight is 378 g/mol. The largest absolute Gasteiger partial charge is 0.391 e. The van der Waals surface area contributed by atoms with Crippen LogP contribution in [0.15, 0.2) is 43.0 Å². The van der Waals surface area contributed by atoms with Crippen LogP contribution < -0.4 is 10.2 Å². The van der Waals surface area contributed by atoms with Gasteiger partial charge in [0.2, 0.25) is 0 Å². The minimum absolute atomic E-state index is 0.00895. The maximum Gasteiger partial charge on any atom is 0.172 e. The molecule has 1 aliphatic carbocycles. The summed E-state index contributed by atoms with van der Waals surface area (Å²) in [6, 6.07) is 7.98. The standard InChI is InChI=1S/C21H26N6O/c28-19-12-15(13-26-10-7-22-14-26)11-18(19)24-20-21(27-8-3-4-9-27)25-17-6-2-1-5-16(17)23-20/h1-2,5-7,10,14-15,18-19,28H,3-4,8-9,11-13H2,(H,23,24)/t15?,18-,19-/m1/s1. The van der Waals surface area contributed by atoms with Crippen molar-refractivity contribution in [2.24, 2.45) is 5.92 Å². The van der Waals surface area contributed by atoms with Crippen LogP contribution in [0.3, 0.4) is 0 Å². The number of aliphatic hydroxyl groups is 1. The highest BCUT2D eigenvalue weighted by Gasteiger charge is 2.34.